The first-order valence-electron chi connectivity index (χ1n) is 8.57. The first-order valence-corrected chi connectivity index (χ1v) is 9.11. The van der Waals surface area contributed by atoms with Crippen LogP contribution in [0.4, 0.5) is 0 Å². The van der Waals surface area contributed by atoms with Gasteiger partial charge >= 0.3 is 0 Å². The Hall–Kier alpha value is -1.36. The molecule has 5 heteroatoms. The van der Waals surface area contributed by atoms with E-state index in [0.717, 1.165) is 6.42 Å². The molecule has 0 spiro atoms. The average molecular weight is 394 g/mol. The summed E-state index contributed by atoms with van der Waals surface area (Å²) in [6.45, 7) is 2.15. The summed E-state index contributed by atoms with van der Waals surface area (Å²) in [6, 6.07) is 16.7. The van der Waals surface area contributed by atoms with Gasteiger partial charge in [0.1, 0.15) is 0 Å². The van der Waals surface area contributed by atoms with Crippen LogP contribution in [0.1, 0.15) is 18.1 Å². The zero-order chi connectivity index (χ0) is 17.9. The molecule has 3 nitrogen and oxygen atoms in total. The molecule has 3 aromatic rings. The predicted octanol–water partition coefficient (Wildman–Crippen LogP) is 4.03. The molecule has 0 saturated carbocycles. The number of aryl methyl sites for hydroxylation is 1. The number of alkyl halides is 1. The lowest BCUT2D eigenvalue weighted by Crippen LogP contribution is -2.48. The van der Waals surface area contributed by atoms with Gasteiger partial charge in [0.15, 0.2) is 0 Å². The van der Waals surface area contributed by atoms with E-state index < -0.39 is 5.54 Å². The molecule has 0 bridgehead atoms. The van der Waals surface area contributed by atoms with Gasteiger partial charge in [0, 0.05) is 12.4 Å². The van der Waals surface area contributed by atoms with Crippen molar-refractivity contribution in [3.8, 4) is 0 Å². The third-order valence-corrected chi connectivity index (χ3v) is 5.08. The lowest BCUT2D eigenvalue weighted by Gasteiger charge is -2.27. The van der Waals surface area contributed by atoms with Gasteiger partial charge < -0.3 is 15.5 Å². The van der Waals surface area contributed by atoms with Crippen molar-refractivity contribution < 1.29 is 10.2 Å². The summed E-state index contributed by atoms with van der Waals surface area (Å²) in [5, 5.41) is 27.3. The first-order chi connectivity index (χ1) is 12.1. The number of fused-ring (bicyclic) bond motifs is 2. The van der Waals surface area contributed by atoms with Crippen molar-refractivity contribution in [2.24, 2.45) is 0 Å². The summed E-state index contributed by atoms with van der Waals surface area (Å²) >= 11 is 6.07. The van der Waals surface area contributed by atoms with Crippen LogP contribution in [0.5, 0.6) is 0 Å². The van der Waals surface area contributed by atoms with Crippen LogP contribution in [0.2, 0.25) is 0 Å². The van der Waals surface area contributed by atoms with Gasteiger partial charge in [-0.05, 0) is 46.0 Å². The second-order valence-electron chi connectivity index (χ2n) is 6.72. The summed E-state index contributed by atoms with van der Waals surface area (Å²) in [4.78, 5) is 0. The molecule has 0 fully saturated rings. The molecule has 3 rings (SSSR count). The van der Waals surface area contributed by atoms with Crippen LogP contribution in [0.15, 0.2) is 48.5 Å². The number of aliphatic hydroxyl groups excluding tert-OH is 2. The van der Waals surface area contributed by atoms with Crippen molar-refractivity contribution in [2.75, 3.05) is 19.1 Å². The van der Waals surface area contributed by atoms with Crippen LogP contribution >= 0.6 is 24.0 Å². The minimum absolute atomic E-state index is 0. The maximum atomic E-state index is 9.57. The van der Waals surface area contributed by atoms with E-state index in [1.165, 1.54) is 32.7 Å². The Morgan fingerprint density at radius 3 is 1.65 bits per heavy atom. The highest BCUT2D eigenvalue weighted by atomic mass is 35.5. The Kier molecular flexibility index (Phi) is 7.27. The molecule has 0 atom stereocenters. The van der Waals surface area contributed by atoms with Gasteiger partial charge in [-0.25, -0.2) is 0 Å². The molecule has 0 saturated heterocycles. The van der Waals surface area contributed by atoms with Crippen molar-refractivity contribution in [3.05, 3.63) is 59.7 Å². The van der Waals surface area contributed by atoms with Crippen LogP contribution in [-0.4, -0.2) is 34.8 Å². The second kappa shape index (κ2) is 9.03. The molecule has 3 N–H and O–H groups in total. The van der Waals surface area contributed by atoms with Gasteiger partial charge in [0.05, 0.1) is 18.8 Å². The van der Waals surface area contributed by atoms with Gasteiger partial charge in [-0.1, -0.05) is 48.5 Å². The molecule has 0 aliphatic heterocycles. The maximum absolute atomic E-state index is 9.57. The molecule has 0 radical (unpaired) electrons. The minimum atomic E-state index is -0.711. The third-order valence-electron chi connectivity index (χ3n) is 4.89. The van der Waals surface area contributed by atoms with E-state index in [9.17, 15) is 10.2 Å². The lowest BCUT2D eigenvalue weighted by atomic mass is 9.90. The topological polar surface area (TPSA) is 52.5 Å². The molecular formula is C21H25Cl2NO2. The third kappa shape index (κ3) is 3.98. The Bertz CT molecular complexity index is 821. The van der Waals surface area contributed by atoms with Crippen LogP contribution in [0.25, 0.3) is 21.5 Å². The van der Waals surface area contributed by atoms with E-state index in [0.29, 0.717) is 12.4 Å². The maximum Gasteiger partial charge on any atom is 0.0633 e. The second-order valence-corrected chi connectivity index (χ2v) is 7.10. The highest BCUT2D eigenvalue weighted by Crippen LogP contribution is 2.33. The van der Waals surface area contributed by atoms with Crippen molar-refractivity contribution >= 4 is 45.6 Å². The summed E-state index contributed by atoms with van der Waals surface area (Å²) in [5.41, 5.74) is 1.74. The number of benzene rings is 3. The van der Waals surface area contributed by atoms with Gasteiger partial charge in [0.2, 0.25) is 0 Å². The standard InChI is InChI=1S/C21H24ClNO2.ClH/c1-21(13-24,14-25)23-12-20-17-8-4-2-6-15(17)19(10-11-22)16-7-3-5-9-18(16)20;/h2-9,23-25H,10-14H2,1H3;1H. The van der Waals surface area contributed by atoms with Gasteiger partial charge in [-0.3, -0.25) is 0 Å². The number of aliphatic hydroxyl groups is 2. The van der Waals surface area contributed by atoms with E-state index in [1.807, 2.05) is 19.1 Å². The normalized spacial score (nSPS) is 11.7. The Balaban J connectivity index is 0.00000243. The molecular weight excluding hydrogens is 369 g/mol. The molecule has 0 aliphatic carbocycles. The number of nitrogens with one attached hydrogen (secondary N) is 1. The number of hydrogen-bond acceptors (Lipinski definition) is 3. The molecule has 0 aromatic heterocycles. The number of hydrogen-bond donors (Lipinski definition) is 3. The fourth-order valence-corrected chi connectivity index (χ4v) is 3.52. The molecule has 140 valence electrons. The minimum Gasteiger partial charge on any atom is -0.394 e. The Morgan fingerprint density at radius 2 is 1.27 bits per heavy atom. The van der Waals surface area contributed by atoms with E-state index in [4.69, 9.17) is 11.6 Å². The van der Waals surface area contributed by atoms with E-state index in [1.54, 1.807) is 0 Å². The Morgan fingerprint density at radius 1 is 0.846 bits per heavy atom. The van der Waals surface area contributed by atoms with Crippen molar-refractivity contribution in [3.63, 3.8) is 0 Å². The summed E-state index contributed by atoms with van der Waals surface area (Å²) < 4.78 is 0. The van der Waals surface area contributed by atoms with Gasteiger partial charge in [-0.15, -0.1) is 24.0 Å². The van der Waals surface area contributed by atoms with Crippen LogP contribution in [-0.2, 0) is 13.0 Å². The summed E-state index contributed by atoms with van der Waals surface area (Å²) in [7, 11) is 0. The van der Waals surface area contributed by atoms with Crippen LogP contribution in [0, 0.1) is 0 Å². The number of halogens is 2. The van der Waals surface area contributed by atoms with Crippen molar-refractivity contribution in [1.82, 2.24) is 5.32 Å². The zero-order valence-electron chi connectivity index (χ0n) is 14.8. The van der Waals surface area contributed by atoms with Crippen LogP contribution < -0.4 is 5.32 Å². The van der Waals surface area contributed by atoms with Gasteiger partial charge in [0.25, 0.3) is 0 Å². The van der Waals surface area contributed by atoms with E-state index in [2.05, 4.69) is 41.7 Å². The zero-order valence-corrected chi connectivity index (χ0v) is 16.4. The van der Waals surface area contributed by atoms with E-state index in [-0.39, 0.29) is 25.6 Å². The number of rotatable bonds is 7. The van der Waals surface area contributed by atoms with Gasteiger partial charge in [-0.2, -0.15) is 0 Å². The summed E-state index contributed by atoms with van der Waals surface area (Å²) in [5.74, 6) is 0.582. The monoisotopic (exact) mass is 393 g/mol. The van der Waals surface area contributed by atoms with E-state index >= 15 is 0 Å². The molecule has 0 unspecified atom stereocenters. The quantitative estimate of drug-likeness (QED) is 0.419. The molecule has 0 aliphatic rings. The SMILES string of the molecule is CC(CO)(CO)NCc1c2ccccc2c(CCCl)c2ccccc12.Cl. The highest BCUT2D eigenvalue weighted by molar-refractivity contribution is 6.18. The lowest BCUT2D eigenvalue weighted by molar-refractivity contribution is 0.103. The first kappa shape index (κ1) is 20.9. The Labute approximate surface area is 165 Å². The largest absolute Gasteiger partial charge is 0.394 e. The van der Waals surface area contributed by atoms with Crippen molar-refractivity contribution in [2.45, 2.75) is 25.4 Å². The molecule has 0 amide bonds. The van der Waals surface area contributed by atoms with Crippen LogP contribution in [0.3, 0.4) is 0 Å². The molecule has 3 aromatic carbocycles. The fourth-order valence-electron chi connectivity index (χ4n) is 3.33. The average Bonchev–Trinajstić information content (AvgIpc) is 2.67. The smallest absolute Gasteiger partial charge is 0.0633 e. The highest BCUT2D eigenvalue weighted by Gasteiger charge is 2.22. The molecule has 0 heterocycles. The molecule has 26 heavy (non-hydrogen) atoms. The predicted molar refractivity (Wildman–Crippen MR) is 113 cm³/mol. The summed E-state index contributed by atoms with van der Waals surface area (Å²) in [6.07, 6.45) is 0.821. The van der Waals surface area contributed by atoms with Crippen molar-refractivity contribution in [1.29, 1.82) is 0 Å². The fraction of sp³-hybridized carbons (Fsp3) is 0.333.